The second-order valence-electron chi connectivity index (χ2n) is 5.19. The van der Waals surface area contributed by atoms with E-state index in [9.17, 15) is 9.59 Å². The van der Waals surface area contributed by atoms with Crippen LogP contribution in [0.5, 0.6) is 0 Å². The number of aromatic amines is 1. The maximum Gasteiger partial charge on any atom is 0.270 e. The summed E-state index contributed by atoms with van der Waals surface area (Å²) in [5.41, 5.74) is 0.981. The minimum atomic E-state index is -0.0823. The summed E-state index contributed by atoms with van der Waals surface area (Å²) in [7, 11) is 0. The van der Waals surface area contributed by atoms with Crippen LogP contribution in [0.2, 0.25) is 0 Å². The standard InChI is InChI=1S/C15H17N5O2/c1-11(21)12-9-13(18-10-12)14(22)19-5-7-20(8-6-19)15-16-3-2-4-17-15/h2-4,9-10,18H,5-8H2,1H3. The second-order valence-corrected chi connectivity index (χ2v) is 5.19. The van der Waals surface area contributed by atoms with Gasteiger partial charge in [0.05, 0.1) is 0 Å². The van der Waals surface area contributed by atoms with Crippen LogP contribution >= 0.6 is 0 Å². The average molecular weight is 299 g/mol. The maximum atomic E-state index is 12.4. The van der Waals surface area contributed by atoms with Gasteiger partial charge in [0.25, 0.3) is 5.91 Å². The van der Waals surface area contributed by atoms with Gasteiger partial charge in [0.1, 0.15) is 5.69 Å². The van der Waals surface area contributed by atoms with Gasteiger partial charge in [-0.25, -0.2) is 9.97 Å². The summed E-state index contributed by atoms with van der Waals surface area (Å²) in [6.45, 7) is 4.07. The van der Waals surface area contributed by atoms with Crippen molar-refractivity contribution in [3.05, 3.63) is 42.0 Å². The van der Waals surface area contributed by atoms with Crippen molar-refractivity contribution < 1.29 is 9.59 Å². The van der Waals surface area contributed by atoms with Gasteiger partial charge in [0.2, 0.25) is 5.95 Å². The summed E-state index contributed by atoms with van der Waals surface area (Å²) in [6.07, 6.45) is 4.99. The van der Waals surface area contributed by atoms with Gasteiger partial charge in [-0.3, -0.25) is 9.59 Å². The molecule has 1 aliphatic rings. The lowest BCUT2D eigenvalue weighted by atomic mass is 10.2. The SMILES string of the molecule is CC(=O)c1c[nH]c(C(=O)N2CCN(c3ncccn3)CC2)c1. The summed E-state index contributed by atoms with van der Waals surface area (Å²) in [4.78, 5) is 38.9. The normalized spacial score (nSPS) is 15.0. The molecular formula is C15H17N5O2. The predicted octanol–water partition coefficient (Wildman–Crippen LogP) is 0.970. The van der Waals surface area contributed by atoms with Gasteiger partial charge < -0.3 is 14.8 Å². The number of nitrogens with one attached hydrogen (secondary N) is 1. The molecular weight excluding hydrogens is 282 g/mol. The first kappa shape index (κ1) is 14.2. The Morgan fingerprint density at radius 3 is 2.41 bits per heavy atom. The van der Waals surface area contributed by atoms with Crippen molar-refractivity contribution in [2.45, 2.75) is 6.92 Å². The van der Waals surface area contributed by atoms with Crippen LogP contribution in [0.4, 0.5) is 5.95 Å². The molecule has 0 atom stereocenters. The Hall–Kier alpha value is -2.70. The molecule has 1 aliphatic heterocycles. The van der Waals surface area contributed by atoms with Gasteiger partial charge in [0.15, 0.2) is 5.78 Å². The number of nitrogens with zero attached hydrogens (tertiary/aromatic N) is 4. The van der Waals surface area contributed by atoms with Crippen molar-refractivity contribution in [3.63, 3.8) is 0 Å². The number of carbonyl (C=O) groups excluding carboxylic acids is 2. The van der Waals surface area contributed by atoms with Crippen molar-refractivity contribution in [2.24, 2.45) is 0 Å². The van der Waals surface area contributed by atoms with Crippen LogP contribution in [0.1, 0.15) is 27.8 Å². The molecule has 1 fully saturated rings. The lowest BCUT2D eigenvalue weighted by molar-refractivity contribution is 0.0741. The molecule has 22 heavy (non-hydrogen) atoms. The minimum absolute atomic E-state index is 0.0543. The molecule has 3 rings (SSSR count). The smallest absolute Gasteiger partial charge is 0.270 e. The molecule has 1 amide bonds. The van der Waals surface area contributed by atoms with Crippen molar-refractivity contribution in [1.29, 1.82) is 0 Å². The Kier molecular flexibility index (Phi) is 3.86. The van der Waals surface area contributed by atoms with Gasteiger partial charge >= 0.3 is 0 Å². The molecule has 0 saturated carbocycles. The van der Waals surface area contributed by atoms with Crippen LogP contribution in [0.3, 0.4) is 0 Å². The average Bonchev–Trinajstić information content (AvgIpc) is 3.05. The van der Waals surface area contributed by atoms with Gasteiger partial charge in [0, 0.05) is 50.3 Å². The van der Waals surface area contributed by atoms with Gasteiger partial charge in [-0.15, -0.1) is 0 Å². The molecule has 0 radical (unpaired) electrons. The molecule has 0 bridgehead atoms. The van der Waals surface area contributed by atoms with E-state index in [1.807, 2.05) is 0 Å². The fraction of sp³-hybridized carbons (Fsp3) is 0.333. The number of carbonyl (C=O) groups is 2. The summed E-state index contributed by atoms with van der Waals surface area (Å²) in [5.74, 6) is 0.552. The largest absolute Gasteiger partial charge is 0.356 e. The highest BCUT2D eigenvalue weighted by Gasteiger charge is 2.24. The van der Waals surface area contributed by atoms with E-state index >= 15 is 0 Å². The molecule has 1 saturated heterocycles. The van der Waals surface area contributed by atoms with Crippen LogP contribution in [0, 0.1) is 0 Å². The summed E-state index contributed by atoms with van der Waals surface area (Å²) >= 11 is 0. The van der Waals surface area contributed by atoms with Crippen molar-refractivity contribution in [1.82, 2.24) is 19.9 Å². The Morgan fingerprint density at radius 2 is 1.82 bits per heavy atom. The van der Waals surface area contributed by atoms with E-state index in [0.29, 0.717) is 43.4 Å². The van der Waals surface area contributed by atoms with Gasteiger partial charge in [-0.2, -0.15) is 0 Å². The lowest BCUT2D eigenvalue weighted by Crippen LogP contribution is -2.49. The van der Waals surface area contributed by atoms with Crippen molar-refractivity contribution >= 4 is 17.6 Å². The fourth-order valence-electron chi connectivity index (χ4n) is 2.46. The number of piperazine rings is 1. The monoisotopic (exact) mass is 299 g/mol. The molecule has 0 unspecified atom stereocenters. The number of H-pyrrole nitrogens is 1. The van der Waals surface area contributed by atoms with Crippen LogP contribution < -0.4 is 4.90 Å². The number of hydrogen-bond donors (Lipinski definition) is 1. The highest BCUT2D eigenvalue weighted by atomic mass is 16.2. The van der Waals surface area contributed by atoms with Crippen LogP contribution in [0.15, 0.2) is 30.7 Å². The number of aromatic nitrogens is 3. The number of amides is 1. The minimum Gasteiger partial charge on any atom is -0.356 e. The maximum absolute atomic E-state index is 12.4. The first-order valence-electron chi connectivity index (χ1n) is 7.16. The van der Waals surface area contributed by atoms with Crippen LogP contribution in [-0.4, -0.2) is 57.7 Å². The Balaban J connectivity index is 1.63. The second kappa shape index (κ2) is 5.97. The molecule has 3 heterocycles. The number of hydrogen-bond acceptors (Lipinski definition) is 5. The van der Waals surface area contributed by atoms with E-state index in [0.717, 1.165) is 0 Å². The lowest BCUT2D eigenvalue weighted by Gasteiger charge is -2.34. The molecule has 7 heteroatoms. The number of rotatable bonds is 3. The third kappa shape index (κ3) is 2.83. The van der Waals surface area contributed by atoms with Crippen molar-refractivity contribution in [3.8, 4) is 0 Å². The van der Waals surface area contributed by atoms with Crippen molar-refractivity contribution in [2.75, 3.05) is 31.1 Å². The third-order valence-corrected chi connectivity index (χ3v) is 3.72. The molecule has 0 aromatic carbocycles. The summed E-state index contributed by atoms with van der Waals surface area (Å²) < 4.78 is 0. The quantitative estimate of drug-likeness (QED) is 0.854. The predicted molar refractivity (Wildman–Crippen MR) is 80.9 cm³/mol. The Labute approximate surface area is 128 Å². The number of Topliss-reactive ketones (excluding diaryl/α,β-unsaturated/α-hetero) is 1. The van der Waals surface area contributed by atoms with E-state index in [4.69, 9.17) is 0 Å². The molecule has 2 aromatic heterocycles. The third-order valence-electron chi connectivity index (χ3n) is 3.72. The van der Waals surface area contributed by atoms with E-state index in [1.54, 1.807) is 35.6 Å². The Bertz CT molecular complexity index is 674. The Morgan fingerprint density at radius 1 is 1.14 bits per heavy atom. The highest BCUT2D eigenvalue weighted by Crippen LogP contribution is 2.13. The molecule has 2 aromatic rings. The number of anilines is 1. The van der Waals surface area contributed by atoms with Gasteiger partial charge in [-0.05, 0) is 19.1 Å². The van der Waals surface area contributed by atoms with E-state index in [-0.39, 0.29) is 11.7 Å². The zero-order valence-corrected chi connectivity index (χ0v) is 12.3. The zero-order valence-electron chi connectivity index (χ0n) is 12.3. The molecule has 7 nitrogen and oxygen atoms in total. The topological polar surface area (TPSA) is 82.2 Å². The summed E-state index contributed by atoms with van der Waals surface area (Å²) in [6, 6.07) is 3.39. The first-order chi connectivity index (χ1) is 10.6. The van der Waals surface area contributed by atoms with E-state index in [1.165, 1.54) is 6.92 Å². The fourth-order valence-corrected chi connectivity index (χ4v) is 2.46. The van der Waals surface area contributed by atoms with Crippen LogP contribution in [-0.2, 0) is 0 Å². The van der Waals surface area contributed by atoms with Gasteiger partial charge in [-0.1, -0.05) is 0 Å². The molecule has 0 spiro atoms. The molecule has 1 N–H and O–H groups in total. The zero-order chi connectivity index (χ0) is 15.5. The van der Waals surface area contributed by atoms with Crippen LogP contribution in [0.25, 0.3) is 0 Å². The molecule has 114 valence electrons. The molecule has 0 aliphatic carbocycles. The summed E-state index contributed by atoms with van der Waals surface area (Å²) in [5, 5.41) is 0. The van der Waals surface area contributed by atoms with E-state index in [2.05, 4.69) is 19.9 Å². The first-order valence-corrected chi connectivity index (χ1v) is 7.16. The van der Waals surface area contributed by atoms with E-state index < -0.39 is 0 Å². The number of ketones is 1. The highest BCUT2D eigenvalue weighted by molar-refractivity contribution is 5.99.